The highest BCUT2D eigenvalue weighted by Gasteiger charge is 2.23. The number of hydrogen-bond donors (Lipinski definition) is 1. The van der Waals surface area contributed by atoms with Gasteiger partial charge in [0.05, 0.1) is 22.2 Å². The second kappa shape index (κ2) is 7.69. The summed E-state index contributed by atoms with van der Waals surface area (Å²) < 4.78 is 22.6. The zero-order chi connectivity index (χ0) is 18.8. The van der Waals surface area contributed by atoms with Crippen molar-refractivity contribution in [2.24, 2.45) is 5.14 Å². The summed E-state index contributed by atoms with van der Waals surface area (Å²) in [6, 6.07) is 5.71. The third kappa shape index (κ3) is 4.49. The maximum Gasteiger partial charge on any atom is 0.274 e. The lowest BCUT2D eigenvalue weighted by molar-refractivity contribution is 0.0735. The molecule has 25 heavy (non-hydrogen) atoms. The predicted molar refractivity (Wildman–Crippen MR) is 97.1 cm³/mol. The lowest BCUT2D eigenvalue weighted by Crippen LogP contribution is -2.30. The Kier molecular flexibility index (Phi) is 6.04. The number of halogens is 1. The van der Waals surface area contributed by atoms with Crippen molar-refractivity contribution in [1.29, 1.82) is 0 Å². The number of primary sulfonamides is 1. The summed E-state index contributed by atoms with van der Waals surface area (Å²) in [5, 5.41) is 5.71. The van der Waals surface area contributed by atoms with E-state index in [1.165, 1.54) is 35.0 Å². The summed E-state index contributed by atoms with van der Waals surface area (Å²) in [6.45, 7) is 1.81. The summed E-state index contributed by atoms with van der Waals surface area (Å²) in [4.78, 5) is 22.4. The van der Waals surface area contributed by atoms with Crippen LogP contribution in [0.3, 0.4) is 0 Å². The third-order valence-corrected chi connectivity index (χ3v) is 5.47. The van der Waals surface area contributed by atoms with Gasteiger partial charge >= 0.3 is 0 Å². The van der Waals surface area contributed by atoms with E-state index in [1.54, 1.807) is 25.4 Å². The molecule has 2 N–H and O–H groups in total. The van der Waals surface area contributed by atoms with Crippen LogP contribution in [0.15, 0.2) is 40.5 Å². The van der Waals surface area contributed by atoms with Crippen molar-refractivity contribution >= 4 is 39.3 Å². The van der Waals surface area contributed by atoms with Gasteiger partial charge in [-0.2, -0.15) is 0 Å². The molecule has 0 fully saturated rings. The molecule has 7 nitrogen and oxygen atoms in total. The Balaban J connectivity index is 2.27. The van der Waals surface area contributed by atoms with Gasteiger partial charge in [0.25, 0.3) is 5.91 Å². The van der Waals surface area contributed by atoms with E-state index < -0.39 is 10.0 Å². The molecule has 10 heteroatoms. The van der Waals surface area contributed by atoms with E-state index in [-0.39, 0.29) is 27.6 Å². The van der Waals surface area contributed by atoms with Crippen LogP contribution in [-0.4, -0.2) is 42.5 Å². The van der Waals surface area contributed by atoms with Crippen molar-refractivity contribution in [2.45, 2.75) is 23.0 Å². The van der Waals surface area contributed by atoms with Crippen LogP contribution in [0.5, 0.6) is 0 Å². The molecule has 134 valence electrons. The van der Waals surface area contributed by atoms with Gasteiger partial charge in [-0.05, 0) is 30.9 Å². The summed E-state index contributed by atoms with van der Waals surface area (Å²) in [7, 11) is -2.13. The molecule has 2 aromatic rings. The normalized spacial score (nSPS) is 12.7. The molecule has 1 heterocycles. The molecule has 0 aliphatic rings. The van der Waals surface area contributed by atoms with E-state index in [0.717, 1.165) is 5.56 Å². The Morgan fingerprint density at radius 1 is 1.32 bits per heavy atom. The molecule has 1 atom stereocenters. The summed E-state index contributed by atoms with van der Waals surface area (Å²) in [5.74, 6) is -0.356. The van der Waals surface area contributed by atoms with Crippen molar-refractivity contribution < 1.29 is 13.2 Å². The van der Waals surface area contributed by atoms with Crippen molar-refractivity contribution in [2.75, 3.05) is 13.3 Å². The number of nitrogens with zero attached hydrogens (tertiary/aromatic N) is 3. The van der Waals surface area contributed by atoms with E-state index in [2.05, 4.69) is 9.97 Å². The summed E-state index contributed by atoms with van der Waals surface area (Å²) in [5.41, 5.74) is 0.870. The predicted octanol–water partition coefficient (Wildman–Crippen LogP) is 2.33. The van der Waals surface area contributed by atoms with E-state index in [9.17, 15) is 13.2 Å². The molecular weight excluding hydrogens is 384 g/mol. The molecule has 0 saturated heterocycles. The summed E-state index contributed by atoms with van der Waals surface area (Å²) >= 11 is 7.36. The molecule has 0 radical (unpaired) electrons. The number of hydrogen-bond acceptors (Lipinski definition) is 6. The first-order valence-electron chi connectivity index (χ1n) is 7.11. The number of thioether (sulfide) groups is 1. The Labute approximate surface area is 155 Å². The number of carbonyl (C=O) groups excluding carboxylic acids is 1. The molecule has 0 spiro atoms. The largest absolute Gasteiger partial charge is 0.334 e. The standard InChI is InChI=1S/C15H17ClN4O3S2/c1-9(10-4-6-11(7-5-10)25(17,22)23)20(2)14(21)13-12(16)8-18-15(19-13)24-3/h4-9H,1-3H3,(H2,17,22,23). The van der Waals surface area contributed by atoms with Crippen LogP contribution in [0.4, 0.5) is 0 Å². The fourth-order valence-electron chi connectivity index (χ4n) is 2.10. The van der Waals surface area contributed by atoms with Crippen molar-refractivity contribution in [3.63, 3.8) is 0 Å². The van der Waals surface area contributed by atoms with Crippen LogP contribution >= 0.6 is 23.4 Å². The monoisotopic (exact) mass is 400 g/mol. The van der Waals surface area contributed by atoms with Gasteiger partial charge in [0.15, 0.2) is 10.9 Å². The average Bonchev–Trinajstić information content (AvgIpc) is 2.59. The van der Waals surface area contributed by atoms with Crippen LogP contribution in [-0.2, 0) is 10.0 Å². The molecule has 0 aliphatic heterocycles. The lowest BCUT2D eigenvalue weighted by Gasteiger charge is -2.25. The van der Waals surface area contributed by atoms with Crippen LogP contribution in [0.25, 0.3) is 0 Å². The fraction of sp³-hybridized carbons (Fsp3) is 0.267. The van der Waals surface area contributed by atoms with Gasteiger partial charge in [-0.1, -0.05) is 35.5 Å². The zero-order valence-corrected chi connectivity index (χ0v) is 16.2. The van der Waals surface area contributed by atoms with Gasteiger partial charge in [0.2, 0.25) is 10.0 Å². The minimum Gasteiger partial charge on any atom is -0.334 e. The van der Waals surface area contributed by atoms with Crippen molar-refractivity contribution in [3.05, 3.63) is 46.7 Å². The van der Waals surface area contributed by atoms with Gasteiger partial charge in [-0.3, -0.25) is 4.79 Å². The minimum absolute atomic E-state index is 0.0147. The fourth-order valence-corrected chi connectivity index (χ4v) is 3.13. The van der Waals surface area contributed by atoms with E-state index in [1.807, 2.05) is 6.92 Å². The smallest absolute Gasteiger partial charge is 0.274 e. The van der Waals surface area contributed by atoms with Crippen molar-refractivity contribution in [1.82, 2.24) is 14.9 Å². The number of rotatable bonds is 5. The Morgan fingerprint density at radius 3 is 2.44 bits per heavy atom. The van der Waals surface area contributed by atoms with E-state index in [0.29, 0.717) is 5.16 Å². The van der Waals surface area contributed by atoms with E-state index >= 15 is 0 Å². The second-order valence-corrected chi connectivity index (χ2v) is 8.00. The first kappa shape index (κ1) is 19.6. The number of benzene rings is 1. The van der Waals surface area contributed by atoms with Gasteiger partial charge in [0.1, 0.15) is 0 Å². The minimum atomic E-state index is -3.76. The first-order chi connectivity index (χ1) is 11.6. The quantitative estimate of drug-likeness (QED) is 0.609. The van der Waals surface area contributed by atoms with Gasteiger partial charge < -0.3 is 4.90 Å². The molecule has 0 bridgehead atoms. The maximum atomic E-state index is 12.7. The van der Waals surface area contributed by atoms with Crippen LogP contribution in [0.2, 0.25) is 5.02 Å². The number of carbonyl (C=O) groups is 1. The van der Waals surface area contributed by atoms with Gasteiger partial charge in [0, 0.05) is 7.05 Å². The number of amides is 1. The first-order valence-corrected chi connectivity index (χ1v) is 10.3. The highest BCUT2D eigenvalue weighted by Crippen LogP contribution is 2.24. The molecule has 1 aromatic heterocycles. The zero-order valence-electron chi connectivity index (χ0n) is 13.8. The number of sulfonamides is 1. The van der Waals surface area contributed by atoms with Crippen LogP contribution in [0, 0.1) is 0 Å². The summed E-state index contributed by atoms with van der Waals surface area (Å²) in [6.07, 6.45) is 3.20. The highest BCUT2D eigenvalue weighted by atomic mass is 35.5. The molecule has 0 saturated carbocycles. The molecule has 1 amide bonds. The molecule has 1 unspecified atom stereocenters. The molecule has 2 rings (SSSR count). The molecular formula is C15H17ClN4O3S2. The lowest BCUT2D eigenvalue weighted by atomic mass is 10.1. The Morgan fingerprint density at radius 2 is 1.92 bits per heavy atom. The van der Waals surface area contributed by atoms with Crippen LogP contribution in [0.1, 0.15) is 29.0 Å². The highest BCUT2D eigenvalue weighted by molar-refractivity contribution is 7.98. The second-order valence-electron chi connectivity index (χ2n) is 5.26. The van der Waals surface area contributed by atoms with Crippen LogP contribution < -0.4 is 5.14 Å². The van der Waals surface area contributed by atoms with Crippen molar-refractivity contribution in [3.8, 4) is 0 Å². The number of aromatic nitrogens is 2. The Hall–Kier alpha value is -1.68. The number of nitrogens with two attached hydrogens (primary N) is 1. The van der Waals surface area contributed by atoms with Gasteiger partial charge in [-0.15, -0.1) is 0 Å². The molecule has 1 aromatic carbocycles. The Bertz CT molecular complexity index is 888. The average molecular weight is 401 g/mol. The maximum absolute atomic E-state index is 12.7. The third-order valence-electron chi connectivity index (χ3n) is 3.70. The van der Waals surface area contributed by atoms with Gasteiger partial charge in [-0.25, -0.2) is 23.5 Å². The SMILES string of the molecule is CSc1ncc(Cl)c(C(=O)N(C)C(C)c2ccc(S(N)(=O)=O)cc2)n1. The van der Waals surface area contributed by atoms with E-state index in [4.69, 9.17) is 16.7 Å². The topological polar surface area (TPSA) is 106 Å². The molecule has 0 aliphatic carbocycles.